The highest BCUT2D eigenvalue weighted by molar-refractivity contribution is 7.92. The molecule has 0 fully saturated rings. The Kier molecular flexibility index (Phi) is 4.07. The summed E-state index contributed by atoms with van der Waals surface area (Å²) in [6.07, 6.45) is 0. The molecule has 0 amide bonds. The van der Waals surface area contributed by atoms with E-state index < -0.39 is 10.0 Å². The van der Waals surface area contributed by atoms with Crippen LogP contribution >= 0.6 is 11.6 Å². The number of hydrogen-bond acceptors (Lipinski definition) is 4. The van der Waals surface area contributed by atoms with E-state index in [1.807, 2.05) is 6.07 Å². The monoisotopic (exact) mass is 321 g/mol. The fourth-order valence-electron chi connectivity index (χ4n) is 1.81. The van der Waals surface area contributed by atoms with Gasteiger partial charge in [-0.25, -0.2) is 8.42 Å². The molecule has 108 valence electrons. The summed E-state index contributed by atoms with van der Waals surface area (Å²) in [5.74, 6) is 0. The molecule has 0 spiro atoms. The lowest BCUT2D eigenvalue weighted by Gasteiger charge is -2.13. The Morgan fingerprint density at radius 1 is 1.29 bits per heavy atom. The van der Waals surface area contributed by atoms with Crippen LogP contribution in [0.25, 0.3) is 0 Å². The van der Waals surface area contributed by atoms with E-state index in [2.05, 4.69) is 4.72 Å². The van der Waals surface area contributed by atoms with Gasteiger partial charge < -0.3 is 5.73 Å². The molecule has 0 heterocycles. The highest BCUT2D eigenvalue weighted by atomic mass is 35.5. The molecule has 0 aliphatic rings. The number of nitriles is 1. The predicted octanol–water partition coefficient (Wildman–Crippen LogP) is 2.90. The first kappa shape index (κ1) is 15.2. The van der Waals surface area contributed by atoms with Crippen LogP contribution < -0.4 is 10.5 Å². The van der Waals surface area contributed by atoms with Crippen LogP contribution in [0.3, 0.4) is 0 Å². The van der Waals surface area contributed by atoms with Crippen LogP contribution in [0.4, 0.5) is 11.4 Å². The van der Waals surface area contributed by atoms with E-state index >= 15 is 0 Å². The van der Waals surface area contributed by atoms with Crippen molar-refractivity contribution in [2.24, 2.45) is 0 Å². The number of nitrogens with one attached hydrogen (secondary N) is 1. The van der Waals surface area contributed by atoms with Gasteiger partial charge in [-0.2, -0.15) is 5.26 Å². The Balaban J connectivity index is 2.47. The minimum Gasteiger partial charge on any atom is -0.398 e. The molecule has 0 saturated carbocycles. The first-order chi connectivity index (χ1) is 9.85. The molecule has 5 nitrogen and oxygen atoms in total. The standard InChI is InChI=1S/C14H12ClN3O2S/c1-9-3-2-4-11(15)14(9)18-21(19,20)13-6-5-10(8-16)7-12(13)17/h2-7,18H,17H2,1H3. The van der Waals surface area contributed by atoms with Crippen molar-refractivity contribution < 1.29 is 8.42 Å². The minimum atomic E-state index is -3.88. The lowest BCUT2D eigenvalue weighted by molar-refractivity contribution is 0.601. The molecule has 0 aliphatic heterocycles. The number of nitrogens with zero attached hydrogens (tertiary/aromatic N) is 1. The molecule has 21 heavy (non-hydrogen) atoms. The molecule has 7 heteroatoms. The topological polar surface area (TPSA) is 96.0 Å². The van der Waals surface area contributed by atoms with E-state index in [1.54, 1.807) is 25.1 Å². The predicted molar refractivity (Wildman–Crippen MR) is 82.6 cm³/mol. The molecule has 0 aromatic heterocycles. The summed E-state index contributed by atoms with van der Waals surface area (Å²) in [5, 5.41) is 9.07. The zero-order chi connectivity index (χ0) is 15.6. The second-order valence-electron chi connectivity index (χ2n) is 4.40. The van der Waals surface area contributed by atoms with Crippen molar-refractivity contribution in [1.82, 2.24) is 0 Å². The summed E-state index contributed by atoms with van der Waals surface area (Å²) >= 11 is 6.01. The summed E-state index contributed by atoms with van der Waals surface area (Å²) in [4.78, 5) is -0.0965. The second-order valence-corrected chi connectivity index (χ2v) is 6.46. The Morgan fingerprint density at radius 3 is 2.57 bits per heavy atom. The van der Waals surface area contributed by atoms with Gasteiger partial charge in [0.2, 0.25) is 0 Å². The molecule has 2 aromatic rings. The molecule has 3 N–H and O–H groups in total. The van der Waals surface area contributed by atoms with Gasteiger partial charge in [0.25, 0.3) is 10.0 Å². The van der Waals surface area contributed by atoms with E-state index in [1.165, 1.54) is 18.2 Å². The number of aryl methyl sites for hydroxylation is 1. The zero-order valence-corrected chi connectivity index (χ0v) is 12.7. The zero-order valence-electron chi connectivity index (χ0n) is 11.1. The lowest BCUT2D eigenvalue weighted by atomic mass is 10.2. The molecule has 0 saturated heterocycles. The van der Waals surface area contributed by atoms with Crippen LogP contribution in [0, 0.1) is 18.3 Å². The third-order valence-corrected chi connectivity index (χ3v) is 4.63. The van der Waals surface area contributed by atoms with Crippen LogP contribution in [0.2, 0.25) is 5.02 Å². The Morgan fingerprint density at radius 2 is 2.00 bits per heavy atom. The molecule has 0 atom stereocenters. The average molecular weight is 322 g/mol. The molecule has 0 radical (unpaired) electrons. The smallest absolute Gasteiger partial charge is 0.264 e. The molecule has 2 rings (SSSR count). The van der Waals surface area contributed by atoms with Gasteiger partial charge in [-0.3, -0.25) is 4.72 Å². The lowest BCUT2D eigenvalue weighted by Crippen LogP contribution is -2.16. The van der Waals surface area contributed by atoms with Crippen molar-refractivity contribution in [3.8, 4) is 6.07 Å². The fourth-order valence-corrected chi connectivity index (χ4v) is 3.40. The van der Waals surface area contributed by atoms with Crippen LogP contribution in [0.1, 0.15) is 11.1 Å². The summed E-state index contributed by atoms with van der Waals surface area (Å²) < 4.78 is 27.2. The minimum absolute atomic E-state index is 0.00579. The largest absolute Gasteiger partial charge is 0.398 e. The van der Waals surface area contributed by atoms with Gasteiger partial charge in [0.1, 0.15) is 4.90 Å². The number of para-hydroxylation sites is 1. The van der Waals surface area contributed by atoms with Gasteiger partial charge in [-0.15, -0.1) is 0 Å². The van der Waals surface area contributed by atoms with Crippen LogP contribution in [-0.2, 0) is 10.0 Å². The quantitative estimate of drug-likeness (QED) is 0.849. The summed E-state index contributed by atoms with van der Waals surface area (Å²) in [5.41, 5.74) is 7.01. The molecule has 0 aliphatic carbocycles. The maximum Gasteiger partial charge on any atom is 0.264 e. The molecular weight excluding hydrogens is 310 g/mol. The van der Waals surface area contributed by atoms with Crippen molar-refractivity contribution in [3.05, 3.63) is 52.5 Å². The van der Waals surface area contributed by atoms with E-state index in [-0.39, 0.29) is 10.6 Å². The number of anilines is 2. The van der Waals surface area contributed by atoms with Gasteiger partial charge >= 0.3 is 0 Å². The number of sulfonamides is 1. The number of rotatable bonds is 3. The van der Waals surface area contributed by atoms with Crippen molar-refractivity contribution >= 4 is 33.0 Å². The van der Waals surface area contributed by atoms with E-state index in [0.717, 1.165) is 0 Å². The second kappa shape index (κ2) is 5.64. The number of nitrogen functional groups attached to an aromatic ring is 1. The van der Waals surface area contributed by atoms with Crippen molar-refractivity contribution in [2.45, 2.75) is 11.8 Å². The summed E-state index contributed by atoms with van der Waals surface area (Å²) in [6, 6.07) is 11.0. The summed E-state index contributed by atoms with van der Waals surface area (Å²) in [6.45, 7) is 1.74. The summed E-state index contributed by atoms with van der Waals surface area (Å²) in [7, 11) is -3.88. The third kappa shape index (κ3) is 3.10. The van der Waals surface area contributed by atoms with E-state index in [4.69, 9.17) is 22.6 Å². The molecule has 0 bridgehead atoms. The number of nitrogens with two attached hydrogens (primary N) is 1. The molecular formula is C14H12ClN3O2S. The SMILES string of the molecule is Cc1cccc(Cl)c1NS(=O)(=O)c1ccc(C#N)cc1N. The van der Waals surface area contributed by atoms with E-state index in [9.17, 15) is 8.42 Å². The number of hydrogen-bond donors (Lipinski definition) is 2. The van der Waals surface area contributed by atoms with Gasteiger partial charge in [0.05, 0.1) is 28.0 Å². The number of halogens is 1. The normalized spacial score (nSPS) is 10.9. The highest BCUT2D eigenvalue weighted by Crippen LogP contribution is 2.29. The Labute approximate surface area is 128 Å². The van der Waals surface area contributed by atoms with Crippen molar-refractivity contribution in [2.75, 3.05) is 10.5 Å². The molecule has 0 unspecified atom stereocenters. The van der Waals surface area contributed by atoms with Gasteiger partial charge in [0, 0.05) is 0 Å². The van der Waals surface area contributed by atoms with Crippen LogP contribution in [0.5, 0.6) is 0 Å². The third-order valence-electron chi connectivity index (χ3n) is 2.89. The fraction of sp³-hybridized carbons (Fsp3) is 0.0714. The van der Waals surface area contributed by atoms with E-state index in [0.29, 0.717) is 21.8 Å². The maximum absolute atomic E-state index is 12.4. The first-order valence-corrected chi connectivity index (χ1v) is 7.79. The van der Waals surface area contributed by atoms with Gasteiger partial charge in [0.15, 0.2) is 0 Å². The average Bonchev–Trinajstić information content (AvgIpc) is 2.42. The van der Waals surface area contributed by atoms with Crippen LogP contribution in [0.15, 0.2) is 41.3 Å². The van der Waals surface area contributed by atoms with Crippen molar-refractivity contribution in [3.63, 3.8) is 0 Å². The first-order valence-electron chi connectivity index (χ1n) is 5.92. The van der Waals surface area contributed by atoms with Gasteiger partial charge in [-0.05, 0) is 36.8 Å². The van der Waals surface area contributed by atoms with Gasteiger partial charge in [-0.1, -0.05) is 23.7 Å². The van der Waals surface area contributed by atoms with Crippen LogP contribution in [-0.4, -0.2) is 8.42 Å². The Hall–Kier alpha value is -2.23. The number of benzene rings is 2. The Bertz CT molecular complexity index is 822. The highest BCUT2D eigenvalue weighted by Gasteiger charge is 2.20. The molecule has 2 aromatic carbocycles. The maximum atomic E-state index is 12.4. The van der Waals surface area contributed by atoms with Crippen molar-refractivity contribution in [1.29, 1.82) is 5.26 Å².